The Morgan fingerprint density at radius 2 is 1.43 bits per heavy atom. The van der Waals surface area contributed by atoms with Gasteiger partial charge in [-0.2, -0.15) is 0 Å². The fourth-order valence-corrected chi connectivity index (χ4v) is 3.31. The van der Waals surface area contributed by atoms with Crippen LogP contribution in [0.2, 0.25) is 0 Å². The summed E-state index contributed by atoms with van der Waals surface area (Å²) in [6.07, 6.45) is 0. The Bertz CT molecular complexity index is 816. The quantitative estimate of drug-likeness (QED) is 0.603. The van der Waals surface area contributed by atoms with Gasteiger partial charge in [0.05, 0.1) is 11.4 Å². The Balaban J connectivity index is 1.94. The molecule has 21 heavy (non-hydrogen) atoms. The van der Waals surface area contributed by atoms with Gasteiger partial charge in [0.25, 0.3) is 0 Å². The third kappa shape index (κ3) is 1.74. The van der Waals surface area contributed by atoms with Crippen molar-refractivity contribution >= 4 is 0 Å². The van der Waals surface area contributed by atoms with E-state index in [9.17, 15) is 0 Å². The van der Waals surface area contributed by atoms with Crippen molar-refractivity contribution < 1.29 is 0 Å². The van der Waals surface area contributed by atoms with Crippen molar-refractivity contribution in [3.63, 3.8) is 0 Å². The van der Waals surface area contributed by atoms with Crippen LogP contribution in [-0.2, 0) is 5.41 Å². The van der Waals surface area contributed by atoms with E-state index in [1.165, 1.54) is 27.9 Å². The van der Waals surface area contributed by atoms with Gasteiger partial charge in [-0.25, -0.2) is 0 Å². The van der Waals surface area contributed by atoms with Gasteiger partial charge in [-0.05, 0) is 17.2 Å². The molecule has 0 spiro atoms. The minimum absolute atomic E-state index is 0.0310. The molecule has 2 aromatic carbocycles. The van der Waals surface area contributed by atoms with E-state index < -0.39 is 0 Å². The summed E-state index contributed by atoms with van der Waals surface area (Å²) < 4.78 is 0. The number of aromatic nitrogens is 1. The summed E-state index contributed by atoms with van der Waals surface area (Å²) in [5, 5.41) is 0. The first-order valence-corrected chi connectivity index (χ1v) is 7.35. The SMILES string of the molecule is CC1(C)c2ccccc2-c2ccc(-c3ccccc3)nc21. The molecule has 0 aliphatic heterocycles. The van der Waals surface area contributed by atoms with Crippen LogP contribution >= 0.6 is 0 Å². The molecule has 1 heteroatoms. The molecule has 4 rings (SSSR count). The van der Waals surface area contributed by atoms with Gasteiger partial charge in [0.15, 0.2) is 0 Å². The van der Waals surface area contributed by atoms with Crippen molar-refractivity contribution in [1.82, 2.24) is 4.98 Å². The number of nitrogens with zero attached hydrogens (tertiary/aromatic N) is 1. The summed E-state index contributed by atoms with van der Waals surface area (Å²) in [5.74, 6) is 0. The zero-order valence-electron chi connectivity index (χ0n) is 12.3. The minimum atomic E-state index is -0.0310. The Morgan fingerprint density at radius 3 is 2.24 bits per heavy atom. The molecule has 0 fully saturated rings. The number of rotatable bonds is 1. The van der Waals surface area contributed by atoms with Gasteiger partial charge in [-0.3, -0.25) is 4.98 Å². The van der Waals surface area contributed by atoms with E-state index in [1.807, 2.05) is 6.07 Å². The van der Waals surface area contributed by atoms with Gasteiger partial charge in [0.2, 0.25) is 0 Å². The lowest BCUT2D eigenvalue weighted by Gasteiger charge is -2.20. The maximum absolute atomic E-state index is 4.99. The Kier molecular flexibility index (Phi) is 2.52. The molecule has 1 aliphatic rings. The van der Waals surface area contributed by atoms with Crippen molar-refractivity contribution in [2.45, 2.75) is 19.3 Å². The van der Waals surface area contributed by atoms with Crippen molar-refractivity contribution in [3.05, 3.63) is 78.0 Å². The van der Waals surface area contributed by atoms with Crippen molar-refractivity contribution in [2.75, 3.05) is 0 Å². The molecule has 0 unspecified atom stereocenters. The Labute approximate surface area is 125 Å². The normalized spacial score (nSPS) is 14.6. The van der Waals surface area contributed by atoms with E-state index in [0.717, 1.165) is 5.69 Å². The fraction of sp³-hybridized carbons (Fsp3) is 0.150. The summed E-state index contributed by atoms with van der Waals surface area (Å²) in [6, 6.07) is 23.4. The van der Waals surface area contributed by atoms with Crippen molar-refractivity contribution in [2.24, 2.45) is 0 Å². The topological polar surface area (TPSA) is 12.9 Å². The molecule has 0 amide bonds. The van der Waals surface area contributed by atoms with Crippen LogP contribution in [-0.4, -0.2) is 4.98 Å². The zero-order valence-corrected chi connectivity index (χ0v) is 12.3. The average molecular weight is 271 g/mol. The lowest BCUT2D eigenvalue weighted by molar-refractivity contribution is 0.638. The molecular formula is C20H17N. The summed E-state index contributed by atoms with van der Waals surface area (Å²) in [6.45, 7) is 4.53. The maximum atomic E-state index is 4.99. The molecule has 1 aliphatic carbocycles. The smallest absolute Gasteiger partial charge is 0.0706 e. The largest absolute Gasteiger partial charge is 0.251 e. The molecule has 0 bridgehead atoms. The van der Waals surface area contributed by atoms with Crippen LogP contribution in [0.4, 0.5) is 0 Å². The minimum Gasteiger partial charge on any atom is -0.251 e. The monoisotopic (exact) mass is 271 g/mol. The van der Waals surface area contributed by atoms with Gasteiger partial charge in [0.1, 0.15) is 0 Å². The van der Waals surface area contributed by atoms with E-state index >= 15 is 0 Å². The van der Waals surface area contributed by atoms with Crippen LogP contribution < -0.4 is 0 Å². The highest BCUT2D eigenvalue weighted by molar-refractivity contribution is 5.80. The first kappa shape index (κ1) is 12.3. The third-order valence-corrected chi connectivity index (χ3v) is 4.45. The first-order valence-electron chi connectivity index (χ1n) is 7.35. The van der Waals surface area contributed by atoms with E-state index in [-0.39, 0.29) is 5.41 Å². The zero-order chi connectivity index (χ0) is 14.4. The predicted molar refractivity (Wildman–Crippen MR) is 87.2 cm³/mol. The highest BCUT2D eigenvalue weighted by Crippen LogP contribution is 2.47. The molecule has 0 N–H and O–H groups in total. The average Bonchev–Trinajstić information content (AvgIpc) is 2.77. The van der Waals surface area contributed by atoms with Crippen molar-refractivity contribution in [3.8, 4) is 22.4 Å². The van der Waals surface area contributed by atoms with Crippen LogP contribution in [0.3, 0.4) is 0 Å². The molecule has 102 valence electrons. The molecule has 1 aromatic heterocycles. The van der Waals surface area contributed by atoms with E-state index in [1.54, 1.807) is 0 Å². The van der Waals surface area contributed by atoms with Gasteiger partial charge in [0, 0.05) is 16.5 Å². The van der Waals surface area contributed by atoms with E-state index in [4.69, 9.17) is 4.98 Å². The van der Waals surface area contributed by atoms with Crippen LogP contribution in [0, 0.1) is 0 Å². The molecule has 1 nitrogen and oxygen atoms in total. The second-order valence-corrected chi connectivity index (χ2v) is 6.13. The molecule has 1 heterocycles. The maximum Gasteiger partial charge on any atom is 0.0706 e. The summed E-state index contributed by atoms with van der Waals surface area (Å²) in [7, 11) is 0. The number of hydrogen-bond donors (Lipinski definition) is 0. The number of hydrogen-bond acceptors (Lipinski definition) is 1. The lowest BCUT2D eigenvalue weighted by Crippen LogP contribution is -2.16. The molecular weight excluding hydrogens is 254 g/mol. The van der Waals surface area contributed by atoms with Crippen molar-refractivity contribution in [1.29, 1.82) is 0 Å². The molecule has 0 radical (unpaired) electrons. The highest BCUT2D eigenvalue weighted by Gasteiger charge is 2.36. The third-order valence-electron chi connectivity index (χ3n) is 4.45. The summed E-state index contributed by atoms with van der Waals surface area (Å²) in [5.41, 5.74) is 7.35. The first-order chi connectivity index (χ1) is 10.2. The van der Waals surface area contributed by atoms with E-state index in [0.29, 0.717) is 0 Å². The summed E-state index contributed by atoms with van der Waals surface area (Å²) in [4.78, 5) is 4.99. The predicted octanol–water partition coefficient (Wildman–Crippen LogP) is 5.05. The van der Waals surface area contributed by atoms with Gasteiger partial charge in [-0.1, -0.05) is 74.5 Å². The van der Waals surface area contributed by atoms with Crippen LogP contribution in [0.15, 0.2) is 66.7 Å². The Hall–Kier alpha value is -2.41. The van der Waals surface area contributed by atoms with Gasteiger partial charge in [-0.15, -0.1) is 0 Å². The second-order valence-electron chi connectivity index (χ2n) is 6.13. The number of benzene rings is 2. The van der Waals surface area contributed by atoms with Crippen LogP contribution in [0.5, 0.6) is 0 Å². The molecule has 0 atom stereocenters. The second kappa shape index (κ2) is 4.29. The van der Waals surface area contributed by atoms with Gasteiger partial charge >= 0.3 is 0 Å². The number of pyridine rings is 1. The fourth-order valence-electron chi connectivity index (χ4n) is 3.31. The molecule has 0 saturated heterocycles. The van der Waals surface area contributed by atoms with Crippen LogP contribution in [0.25, 0.3) is 22.4 Å². The van der Waals surface area contributed by atoms with Crippen LogP contribution in [0.1, 0.15) is 25.1 Å². The highest BCUT2D eigenvalue weighted by atomic mass is 14.8. The van der Waals surface area contributed by atoms with E-state index in [2.05, 4.69) is 74.5 Å². The molecule has 0 saturated carbocycles. The standard InChI is InChI=1S/C20H17N/c1-20(2)17-11-7-6-10-15(17)16-12-13-18(21-19(16)20)14-8-4-3-5-9-14/h3-13H,1-2H3. The molecule has 3 aromatic rings. The number of fused-ring (bicyclic) bond motifs is 3. The summed E-state index contributed by atoms with van der Waals surface area (Å²) >= 11 is 0. The van der Waals surface area contributed by atoms with Gasteiger partial charge < -0.3 is 0 Å². The Morgan fingerprint density at radius 1 is 0.714 bits per heavy atom. The lowest BCUT2D eigenvalue weighted by atomic mass is 9.85.